The highest BCUT2D eigenvalue weighted by Crippen LogP contribution is 2.28. The van der Waals surface area contributed by atoms with E-state index in [2.05, 4.69) is 6.07 Å². The number of hydrogen-bond acceptors (Lipinski definition) is 3. The molecule has 0 radical (unpaired) electrons. The molecule has 1 aromatic carbocycles. The van der Waals surface area contributed by atoms with Crippen molar-refractivity contribution < 1.29 is 9.47 Å². The van der Waals surface area contributed by atoms with E-state index in [0.29, 0.717) is 23.1 Å². The van der Waals surface area contributed by atoms with Crippen molar-refractivity contribution in [3.8, 4) is 6.07 Å². The number of rotatable bonds is 5. The highest BCUT2D eigenvalue weighted by molar-refractivity contribution is 6.42. The van der Waals surface area contributed by atoms with E-state index in [-0.39, 0.29) is 12.2 Å². The molecule has 0 aliphatic carbocycles. The van der Waals surface area contributed by atoms with Crippen LogP contribution < -0.4 is 0 Å². The molecule has 20 heavy (non-hydrogen) atoms. The topological polar surface area (TPSA) is 42.2 Å². The zero-order valence-corrected chi connectivity index (χ0v) is 12.7. The molecule has 1 heterocycles. The first kappa shape index (κ1) is 15.6. The summed E-state index contributed by atoms with van der Waals surface area (Å²) in [4.78, 5) is 0. The van der Waals surface area contributed by atoms with E-state index in [1.807, 2.05) is 6.07 Å². The lowest BCUT2D eigenvalue weighted by atomic mass is 9.98. The molecule has 0 N–H and O–H groups in total. The fourth-order valence-electron chi connectivity index (χ4n) is 2.19. The zero-order chi connectivity index (χ0) is 14.4. The van der Waals surface area contributed by atoms with Gasteiger partial charge in [0, 0.05) is 6.61 Å². The van der Waals surface area contributed by atoms with Gasteiger partial charge >= 0.3 is 0 Å². The predicted molar refractivity (Wildman–Crippen MR) is 79.0 cm³/mol. The molecule has 1 fully saturated rings. The van der Waals surface area contributed by atoms with Gasteiger partial charge in [-0.05, 0) is 43.4 Å². The molecule has 1 aliphatic rings. The molecule has 0 amide bonds. The average molecular weight is 314 g/mol. The second-order valence-electron chi connectivity index (χ2n) is 4.81. The second kappa shape index (κ2) is 7.85. The molecule has 3 nitrogen and oxygen atoms in total. The summed E-state index contributed by atoms with van der Waals surface area (Å²) in [6.45, 7) is 1.27. The van der Waals surface area contributed by atoms with Gasteiger partial charge in [0.15, 0.2) is 6.29 Å². The van der Waals surface area contributed by atoms with Crippen LogP contribution in [0.1, 0.15) is 37.2 Å². The van der Waals surface area contributed by atoms with Gasteiger partial charge in [0.2, 0.25) is 0 Å². The SMILES string of the molecule is N#CC(CCOC1CCCCO1)c1ccc(Cl)c(Cl)c1. The van der Waals surface area contributed by atoms with E-state index in [1.165, 1.54) is 0 Å². The lowest BCUT2D eigenvalue weighted by Crippen LogP contribution is -2.23. The molecule has 2 atom stereocenters. The first-order valence-corrected chi connectivity index (χ1v) is 7.54. The third-order valence-electron chi connectivity index (χ3n) is 3.35. The third kappa shape index (κ3) is 4.36. The number of nitrogens with zero attached hydrogens (tertiary/aromatic N) is 1. The van der Waals surface area contributed by atoms with E-state index >= 15 is 0 Å². The minimum absolute atomic E-state index is 0.114. The van der Waals surface area contributed by atoms with Crippen molar-refractivity contribution in [3.63, 3.8) is 0 Å². The number of nitriles is 1. The molecule has 0 saturated carbocycles. The van der Waals surface area contributed by atoms with E-state index in [9.17, 15) is 5.26 Å². The van der Waals surface area contributed by atoms with Gasteiger partial charge < -0.3 is 9.47 Å². The Morgan fingerprint density at radius 1 is 1.35 bits per heavy atom. The summed E-state index contributed by atoms with van der Waals surface area (Å²) in [6.07, 6.45) is 3.68. The van der Waals surface area contributed by atoms with E-state index < -0.39 is 0 Å². The molecule has 0 bridgehead atoms. The predicted octanol–water partition coefficient (Wildman–Crippen LogP) is 4.53. The summed E-state index contributed by atoms with van der Waals surface area (Å²) in [5.41, 5.74) is 0.870. The molecule has 5 heteroatoms. The van der Waals surface area contributed by atoms with Gasteiger partial charge in [-0.25, -0.2) is 0 Å². The van der Waals surface area contributed by atoms with E-state index in [1.54, 1.807) is 12.1 Å². The van der Waals surface area contributed by atoms with Gasteiger partial charge in [-0.2, -0.15) is 5.26 Å². The molecule has 2 unspecified atom stereocenters. The van der Waals surface area contributed by atoms with E-state index in [0.717, 1.165) is 31.4 Å². The Morgan fingerprint density at radius 3 is 2.85 bits per heavy atom. The smallest absolute Gasteiger partial charge is 0.157 e. The van der Waals surface area contributed by atoms with Gasteiger partial charge in [0.1, 0.15) is 0 Å². The standard InChI is InChI=1S/C15H17Cl2NO2/c16-13-5-4-11(9-14(13)17)12(10-18)6-8-20-15-3-1-2-7-19-15/h4-5,9,12,15H,1-3,6-8H2. The third-order valence-corrected chi connectivity index (χ3v) is 4.09. The first-order valence-electron chi connectivity index (χ1n) is 6.78. The number of hydrogen-bond donors (Lipinski definition) is 0. The monoisotopic (exact) mass is 313 g/mol. The highest BCUT2D eigenvalue weighted by Gasteiger charge is 2.16. The maximum absolute atomic E-state index is 9.26. The van der Waals surface area contributed by atoms with Gasteiger partial charge in [-0.1, -0.05) is 29.3 Å². The quantitative estimate of drug-likeness (QED) is 0.801. The maximum atomic E-state index is 9.26. The number of halogens is 2. The van der Waals surface area contributed by atoms with Crippen LogP contribution >= 0.6 is 23.2 Å². The zero-order valence-electron chi connectivity index (χ0n) is 11.1. The number of benzene rings is 1. The average Bonchev–Trinajstić information content (AvgIpc) is 2.48. The minimum atomic E-state index is -0.242. The maximum Gasteiger partial charge on any atom is 0.157 e. The summed E-state index contributed by atoms with van der Waals surface area (Å²) in [5, 5.41) is 10.2. The van der Waals surface area contributed by atoms with Crippen LogP contribution in [0.3, 0.4) is 0 Å². The van der Waals surface area contributed by atoms with Crippen molar-refractivity contribution in [1.82, 2.24) is 0 Å². The lowest BCUT2D eigenvalue weighted by molar-refractivity contribution is -0.162. The summed E-state index contributed by atoms with van der Waals surface area (Å²) in [7, 11) is 0. The Balaban J connectivity index is 1.85. The van der Waals surface area contributed by atoms with Crippen molar-refractivity contribution in [2.75, 3.05) is 13.2 Å². The second-order valence-corrected chi connectivity index (χ2v) is 5.63. The molecule has 0 aromatic heterocycles. The molecule has 1 saturated heterocycles. The van der Waals surface area contributed by atoms with Crippen LogP contribution in [-0.4, -0.2) is 19.5 Å². The summed E-state index contributed by atoms with van der Waals surface area (Å²) in [5.74, 6) is -0.242. The molecule has 108 valence electrons. The Labute approximate surface area is 129 Å². The van der Waals surface area contributed by atoms with Gasteiger partial charge in [0.05, 0.1) is 28.6 Å². The summed E-state index contributed by atoms with van der Waals surface area (Å²) in [6, 6.07) is 7.57. The normalized spacial score (nSPS) is 20.4. The Bertz CT molecular complexity index is 481. The van der Waals surface area contributed by atoms with Crippen molar-refractivity contribution in [2.24, 2.45) is 0 Å². The van der Waals surface area contributed by atoms with Crippen LogP contribution in [0.5, 0.6) is 0 Å². The van der Waals surface area contributed by atoms with Crippen molar-refractivity contribution in [1.29, 1.82) is 5.26 Å². The van der Waals surface area contributed by atoms with Crippen LogP contribution in [0.25, 0.3) is 0 Å². The van der Waals surface area contributed by atoms with Crippen LogP contribution in [0.4, 0.5) is 0 Å². The number of ether oxygens (including phenoxy) is 2. The highest BCUT2D eigenvalue weighted by atomic mass is 35.5. The van der Waals surface area contributed by atoms with Crippen LogP contribution in [0.2, 0.25) is 10.0 Å². The van der Waals surface area contributed by atoms with Gasteiger partial charge in [-0.3, -0.25) is 0 Å². The molecule has 1 aromatic rings. The van der Waals surface area contributed by atoms with Crippen LogP contribution in [0, 0.1) is 11.3 Å². The fourth-order valence-corrected chi connectivity index (χ4v) is 2.50. The van der Waals surface area contributed by atoms with Gasteiger partial charge in [-0.15, -0.1) is 0 Å². The first-order chi connectivity index (χ1) is 9.70. The van der Waals surface area contributed by atoms with E-state index in [4.69, 9.17) is 32.7 Å². The summed E-state index contributed by atoms with van der Waals surface area (Å²) < 4.78 is 11.1. The molecule has 2 rings (SSSR count). The van der Waals surface area contributed by atoms with Crippen LogP contribution in [-0.2, 0) is 9.47 Å². The Kier molecular flexibility index (Phi) is 6.12. The Hall–Kier alpha value is -0.790. The van der Waals surface area contributed by atoms with Crippen LogP contribution in [0.15, 0.2) is 18.2 Å². The molecular weight excluding hydrogens is 297 g/mol. The largest absolute Gasteiger partial charge is 0.353 e. The summed E-state index contributed by atoms with van der Waals surface area (Å²) >= 11 is 11.9. The van der Waals surface area contributed by atoms with Crippen molar-refractivity contribution >= 4 is 23.2 Å². The Morgan fingerprint density at radius 2 is 2.20 bits per heavy atom. The molecule has 0 spiro atoms. The van der Waals surface area contributed by atoms with Crippen molar-refractivity contribution in [3.05, 3.63) is 33.8 Å². The molecular formula is C15H17Cl2NO2. The molecule has 1 aliphatic heterocycles. The van der Waals surface area contributed by atoms with Crippen molar-refractivity contribution in [2.45, 2.75) is 37.9 Å². The minimum Gasteiger partial charge on any atom is -0.353 e. The van der Waals surface area contributed by atoms with Gasteiger partial charge in [0.25, 0.3) is 0 Å². The lowest BCUT2D eigenvalue weighted by Gasteiger charge is -2.23. The fraction of sp³-hybridized carbons (Fsp3) is 0.533.